The second kappa shape index (κ2) is 7.06. The summed E-state index contributed by atoms with van der Waals surface area (Å²) in [7, 11) is 2.00. The van der Waals surface area contributed by atoms with Gasteiger partial charge in [-0.2, -0.15) is 0 Å². The van der Waals surface area contributed by atoms with Gasteiger partial charge in [0, 0.05) is 37.8 Å². The van der Waals surface area contributed by atoms with E-state index in [0.29, 0.717) is 13.1 Å². The lowest BCUT2D eigenvalue weighted by atomic mass is 10.2. The lowest BCUT2D eigenvalue weighted by Crippen LogP contribution is -2.50. The summed E-state index contributed by atoms with van der Waals surface area (Å²) in [4.78, 5) is 29.9. The minimum atomic E-state index is -0.695. The van der Waals surface area contributed by atoms with E-state index < -0.39 is 17.0 Å². The third kappa shape index (κ3) is 3.54. The van der Waals surface area contributed by atoms with E-state index >= 15 is 0 Å². The van der Waals surface area contributed by atoms with Gasteiger partial charge in [0.25, 0.3) is 0 Å². The molecule has 2 amide bonds. The number of likely N-dealkylation sites (N-methyl/N-ethyl adjacent to an activating group) is 1. The van der Waals surface area contributed by atoms with Crippen molar-refractivity contribution in [1.29, 1.82) is 0 Å². The topological polar surface area (TPSA) is 43.9 Å². The number of thioether (sulfide) groups is 1. The van der Waals surface area contributed by atoms with Crippen LogP contribution in [0.3, 0.4) is 0 Å². The molecule has 2 heterocycles. The van der Waals surface area contributed by atoms with E-state index in [2.05, 4.69) is 4.90 Å². The third-order valence-corrected chi connectivity index (χ3v) is 5.60. The summed E-state index contributed by atoms with van der Waals surface area (Å²) in [5, 5.41) is -0.588. The number of piperazine rings is 1. The molecular weight excluding hydrogens is 336 g/mol. The van der Waals surface area contributed by atoms with Gasteiger partial charge in [0.2, 0.25) is 11.8 Å². The van der Waals surface area contributed by atoms with Crippen molar-refractivity contribution in [2.24, 2.45) is 0 Å². The van der Waals surface area contributed by atoms with E-state index in [4.69, 9.17) is 0 Å². The van der Waals surface area contributed by atoms with Crippen molar-refractivity contribution >= 4 is 23.6 Å². The van der Waals surface area contributed by atoms with E-state index in [0.717, 1.165) is 19.2 Å². The molecular formula is C16H19F2N3O2S. The maximum Gasteiger partial charge on any atom is 0.242 e. The molecule has 3 rings (SSSR count). The molecule has 130 valence electrons. The fourth-order valence-electron chi connectivity index (χ4n) is 2.89. The van der Waals surface area contributed by atoms with Crippen molar-refractivity contribution < 1.29 is 18.4 Å². The van der Waals surface area contributed by atoms with Crippen LogP contribution in [-0.4, -0.2) is 72.0 Å². The first kappa shape index (κ1) is 17.2. The Kier molecular flexibility index (Phi) is 5.05. The highest BCUT2D eigenvalue weighted by Gasteiger charge is 2.36. The van der Waals surface area contributed by atoms with Gasteiger partial charge in [0.15, 0.2) is 0 Å². The van der Waals surface area contributed by atoms with E-state index in [9.17, 15) is 18.4 Å². The number of rotatable bonds is 3. The summed E-state index contributed by atoms with van der Waals surface area (Å²) >= 11 is 1.26. The number of benzene rings is 1. The molecule has 0 radical (unpaired) electrons. The average Bonchev–Trinajstić information content (AvgIpc) is 2.89. The molecule has 0 saturated carbocycles. The zero-order chi connectivity index (χ0) is 17.3. The number of nitrogens with zero attached hydrogens (tertiary/aromatic N) is 3. The lowest BCUT2D eigenvalue weighted by Gasteiger charge is -2.34. The summed E-state index contributed by atoms with van der Waals surface area (Å²) in [5.74, 6) is -1.50. The summed E-state index contributed by atoms with van der Waals surface area (Å²) in [6.07, 6.45) is 0. The number of carbonyl (C=O) groups excluding carboxylic acids is 2. The molecule has 24 heavy (non-hydrogen) atoms. The largest absolute Gasteiger partial charge is 0.339 e. The molecule has 1 aromatic rings. The highest BCUT2D eigenvalue weighted by atomic mass is 32.2. The normalized spacial score (nSPS) is 22.3. The van der Waals surface area contributed by atoms with E-state index in [1.165, 1.54) is 28.8 Å². The van der Waals surface area contributed by atoms with Crippen LogP contribution < -0.4 is 0 Å². The van der Waals surface area contributed by atoms with Gasteiger partial charge in [-0.3, -0.25) is 9.59 Å². The van der Waals surface area contributed by atoms with Gasteiger partial charge < -0.3 is 14.7 Å². The molecule has 0 aliphatic carbocycles. The minimum absolute atomic E-state index is 0.0724. The van der Waals surface area contributed by atoms with E-state index in [1.807, 2.05) is 7.05 Å². The molecule has 2 aliphatic rings. The van der Waals surface area contributed by atoms with Gasteiger partial charge in [-0.15, -0.1) is 11.8 Å². The zero-order valence-electron chi connectivity index (χ0n) is 13.4. The van der Waals surface area contributed by atoms with Crippen LogP contribution in [0, 0.1) is 11.6 Å². The highest BCUT2D eigenvalue weighted by Crippen LogP contribution is 2.39. The fourth-order valence-corrected chi connectivity index (χ4v) is 4.10. The first-order valence-electron chi connectivity index (χ1n) is 7.78. The number of hydrogen-bond acceptors (Lipinski definition) is 4. The van der Waals surface area contributed by atoms with E-state index in [1.54, 1.807) is 4.90 Å². The first-order valence-corrected chi connectivity index (χ1v) is 8.83. The summed E-state index contributed by atoms with van der Waals surface area (Å²) in [6, 6.07) is 3.32. The van der Waals surface area contributed by atoms with Crippen LogP contribution in [0.1, 0.15) is 10.9 Å². The standard InChI is InChI=1S/C16H19F2N3O2S/c1-19-4-6-20(7-5-19)14(22)9-21-15(23)10-24-16(21)12-3-2-11(17)8-13(12)18/h2-3,8,16H,4-7,9-10H2,1H3/t16-/m1/s1. The Labute approximate surface area is 143 Å². The molecule has 0 aromatic heterocycles. The Morgan fingerprint density at radius 3 is 2.62 bits per heavy atom. The summed E-state index contributed by atoms with van der Waals surface area (Å²) in [6.45, 7) is 2.77. The summed E-state index contributed by atoms with van der Waals surface area (Å²) < 4.78 is 27.1. The van der Waals surface area contributed by atoms with Crippen LogP contribution in [-0.2, 0) is 9.59 Å². The third-order valence-electron chi connectivity index (χ3n) is 4.36. The van der Waals surface area contributed by atoms with Gasteiger partial charge >= 0.3 is 0 Å². The van der Waals surface area contributed by atoms with Crippen LogP contribution in [0.15, 0.2) is 18.2 Å². The van der Waals surface area contributed by atoms with Crippen LogP contribution in [0.5, 0.6) is 0 Å². The minimum Gasteiger partial charge on any atom is -0.339 e. The number of halogens is 2. The summed E-state index contributed by atoms with van der Waals surface area (Å²) in [5.41, 5.74) is 0.235. The zero-order valence-corrected chi connectivity index (χ0v) is 14.2. The quantitative estimate of drug-likeness (QED) is 0.820. The Balaban J connectivity index is 1.72. The molecule has 1 atom stereocenters. The maximum atomic E-state index is 14.0. The second-order valence-corrected chi connectivity index (χ2v) is 7.10. The van der Waals surface area contributed by atoms with Gasteiger partial charge in [0.05, 0.1) is 5.75 Å². The van der Waals surface area contributed by atoms with Gasteiger partial charge in [0.1, 0.15) is 23.6 Å². The van der Waals surface area contributed by atoms with Gasteiger partial charge in [-0.1, -0.05) is 6.07 Å². The van der Waals surface area contributed by atoms with Gasteiger partial charge in [-0.05, 0) is 13.1 Å². The molecule has 8 heteroatoms. The molecule has 0 bridgehead atoms. The highest BCUT2D eigenvalue weighted by molar-refractivity contribution is 8.00. The molecule has 0 N–H and O–H groups in total. The number of amides is 2. The predicted molar refractivity (Wildman–Crippen MR) is 87.3 cm³/mol. The van der Waals surface area contributed by atoms with Crippen LogP contribution in [0.4, 0.5) is 8.78 Å². The SMILES string of the molecule is CN1CCN(C(=O)CN2C(=O)CS[C@@H]2c2ccc(F)cc2F)CC1. The molecule has 1 aromatic carbocycles. The molecule has 2 fully saturated rings. The van der Waals surface area contributed by atoms with Crippen LogP contribution >= 0.6 is 11.8 Å². The fraction of sp³-hybridized carbons (Fsp3) is 0.500. The van der Waals surface area contributed by atoms with Crippen molar-refractivity contribution in [3.63, 3.8) is 0 Å². The van der Waals surface area contributed by atoms with Crippen molar-refractivity contribution in [3.8, 4) is 0 Å². The predicted octanol–water partition coefficient (Wildman–Crippen LogP) is 1.31. The molecule has 2 saturated heterocycles. The van der Waals surface area contributed by atoms with Crippen molar-refractivity contribution in [2.45, 2.75) is 5.37 Å². The molecule has 0 unspecified atom stereocenters. The monoisotopic (exact) mass is 355 g/mol. The van der Waals surface area contributed by atoms with Crippen molar-refractivity contribution in [3.05, 3.63) is 35.4 Å². The van der Waals surface area contributed by atoms with Gasteiger partial charge in [-0.25, -0.2) is 8.78 Å². The smallest absolute Gasteiger partial charge is 0.242 e. The molecule has 2 aliphatic heterocycles. The second-order valence-electron chi connectivity index (χ2n) is 6.03. The average molecular weight is 355 g/mol. The van der Waals surface area contributed by atoms with E-state index in [-0.39, 0.29) is 29.7 Å². The van der Waals surface area contributed by atoms with Crippen molar-refractivity contribution in [1.82, 2.24) is 14.7 Å². The maximum absolute atomic E-state index is 14.0. The molecule has 0 spiro atoms. The number of hydrogen-bond donors (Lipinski definition) is 0. The Hall–Kier alpha value is -1.67. The van der Waals surface area contributed by atoms with Crippen LogP contribution in [0.25, 0.3) is 0 Å². The number of carbonyl (C=O) groups is 2. The Morgan fingerprint density at radius 2 is 1.96 bits per heavy atom. The molecule has 5 nitrogen and oxygen atoms in total. The van der Waals surface area contributed by atoms with Crippen LogP contribution in [0.2, 0.25) is 0 Å². The van der Waals surface area contributed by atoms with Crippen molar-refractivity contribution in [2.75, 3.05) is 45.5 Å². The Bertz CT molecular complexity index is 650. The Morgan fingerprint density at radius 1 is 1.25 bits per heavy atom. The lowest BCUT2D eigenvalue weighted by molar-refractivity contribution is -0.140. The first-order chi connectivity index (χ1) is 11.5.